The largest absolute Gasteiger partial charge is 0.489 e. The monoisotopic (exact) mass is 239 g/mol. The number of hydrogen-bond acceptors (Lipinski definition) is 5. The third-order valence-corrected chi connectivity index (χ3v) is 2.88. The molecule has 6 nitrogen and oxygen atoms in total. The van der Waals surface area contributed by atoms with Gasteiger partial charge in [-0.2, -0.15) is 5.26 Å². The Balaban J connectivity index is 2.42. The second-order valence-corrected chi connectivity index (χ2v) is 5.00. The first kappa shape index (κ1) is 10.9. The van der Waals surface area contributed by atoms with Crippen molar-refractivity contribution in [3.05, 3.63) is 17.8 Å². The molecule has 1 heterocycles. The Labute approximate surface area is 92.7 Å². The summed E-state index contributed by atoms with van der Waals surface area (Å²) < 4.78 is 27.5. The van der Waals surface area contributed by atoms with E-state index in [4.69, 9.17) is 15.1 Å². The van der Waals surface area contributed by atoms with Crippen LogP contribution >= 0.6 is 0 Å². The van der Waals surface area contributed by atoms with Gasteiger partial charge in [0.2, 0.25) is 0 Å². The molecule has 0 spiro atoms. The van der Waals surface area contributed by atoms with Gasteiger partial charge in [0.15, 0.2) is 5.03 Å². The molecule has 0 aliphatic heterocycles. The van der Waals surface area contributed by atoms with E-state index in [1.807, 2.05) is 6.07 Å². The molecule has 1 aliphatic rings. The van der Waals surface area contributed by atoms with Gasteiger partial charge < -0.3 is 4.74 Å². The van der Waals surface area contributed by atoms with E-state index in [1.165, 1.54) is 6.07 Å². The van der Waals surface area contributed by atoms with Crippen molar-refractivity contribution in [3.63, 3.8) is 0 Å². The molecule has 0 aromatic carbocycles. The summed E-state index contributed by atoms with van der Waals surface area (Å²) in [5.41, 5.74) is 0.208. The molecule has 1 aliphatic carbocycles. The van der Waals surface area contributed by atoms with Gasteiger partial charge in [0.05, 0.1) is 6.10 Å². The Morgan fingerprint density at radius 1 is 1.56 bits per heavy atom. The molecule has 0 saturated heterocycles. The molecule has 7 heteroatoms. The van der Waals surface area contributed by atoms with Gasteiger partial charge in [0, 0.05) is 12.3 Å². The second-order valence-electron chi connectivity index (χ2n) is 3.49. The number of hydrogen-bond donors (Lipinski definition) is 1. The maximum Gasteiger partial charge on any atom is 0.255 e. The Morgan fingerprint density at radius 2 is 2.25 bits per heavy atom. The Bertz CT molecular complexity index is 558. The summed E-state index contributed by atoms with van der Waals surface area (Å²) in [5, 5.41) is 13.4. The number of nitrogens with zero attached hydrogens (tertiary/aromatic N) is 2. The van der Waals surface area contributed by atoms with E-state index in [2.05, 4.69) is 4.98 Å². The molecule has 1 saturated carbocycles. The minimum atomic E-state index is -3.87. The molecule has 0 atom stereocenters. The first-order valence-electron chi connectivity index (χ1n) is 4.60. The van der Waals surface area contributed by atoms with E-state index in [1.54, 1.807) is 0 Å². The molecule has 0 unspecified atom stereocenters. The normalized spacial score (nSPS) is 15.5. The van der Waals surface area contributed by atoms with Crippen molar-refractivity contribution in [2.24, 2.45) is 5.14 Å². The smallest absolute Gasteiger partial charge is 0.255 e. The van der Waals surface area contributed by atoms with Crippen LogP contribution in [-0.2, 0) is 10.0 Å². The third-order valence-electron chi connectivity index (χ3n) is 2.07. The summed E-state index contributed by atoms with van der Waals surface area (Å²) in [5.74, 6) is 0.226. The van der Waals surface area contributed by atoms with E-state index in [-0.39, 0.29) is 22.4 Å². The Morgan fingerprint density at radius 3 is 2.75 bits per heavy atom. The van der Waals surface area contributed by atoms with Crippen molar-refractivity contribution in [1.29, 1.82) is 5.26 Å². The maximum absolute atomic E-state index is 11.1. The van der Waals surface area contributed by atoms with Gasteiger partial charge in [-0.1, -0.05) is 0 Å². The van der Waals surface area contributed by atoms with E-state index in [0.717, 1.165) is 19.0 Å². The molecule has 2 N–H and O–H groups in total. The van der Waals surface area contributed by atoms with Crippen LogP contribution in [0.3, 0.4) is 0 Å². The molecular weight excluding hydrogens is 230 g/mol. The Kier molecular flexibility index (Phi) is 2.53. The lowest BCUT2D eigenvalue weighted by Crippen LogP contribution is -2.14. The predicted octanol–water partition coefficient (Wildman–Crippen LogP) is 0.142. The van der Waals surface area contributed by atoms with Crippen LogP contribution in [0.15, 0.2) is 17.3 Å². The first-order valence-corrected chi connectivity index (χ1v) is 6.15. The number of aromatic nitrogens is 1. The predicted molar refractivity (Wildman–Crippen MR) is 54.0 cm³/mol. The minimum absolute atomic E-state index is 0.0721. The van der Waals surface area contributed by atoms with Crippen molar-refractivity contribution in [1.82, 2.24) is 4.98 Å². The molecule has 1 aromatic heterocycles. The molecular formula is C9H9N3O3S. The van der Waals surface area contributed by atoms with Gasteiger partial charge in [0.1, 0.15) is 17.4 Å². The molecule has 0 radical (unpaired) electrons. The molecule has 16 heavy (non-hydrogen) atoms. The highest BCUT2D eigenvalue weighted by molar-refractivity contribution is 7.89. The summed E-state index contributed by atoms with van der Waals surface area (Å²) in [7, 11) is -3.87. The number of primary sulfonamides is 1. The van der Waals surface area contributed by atoms with Crippen LogP contribution in [0.25, 0.3) is 0 Å². The van der Waals surface area contributed by atoms with Crippen LogP contribution in [0.2, 0.25) is 0 Å². The van der Waals surface area contributed by atoms with E-state index in [9.17, 15) is 8.42 Å². The molecule has 2 rings (SSSR count). The zero-order chi connectivity index (χ0) is 11.8. The highest BCUT2D eigenvalue weighted by Crippen LogP contribution is 2.29. The number of pyridine rings is 1. The number of rotatable bonds is 3. The van der Waals surface area contributed by atoms with Crippen LogP contribution in [0.5, 0.6) is 5.75 Å². The van der Waals surface area contributed by atoms with Gasteiger partial charge in [-0.05, 0) is 12.8 Å². The van der Waals surface area contributed by atoms with Gasteiger partial charge in [0.25, 0.3) is 10.0 Å². The number of sulfonamides is 1. The summed E-state index contributed by atoms with van der Waals surface area (Å²) in [4.78, 5) is 3.59. The fourth-order valence-electron chi connectivity index (χ4n) is 1.12. The van der Waals surface area contributed by atoms with Crippen LogP contribution in [0, 0.1) is 11.3 Å². The SMILES string of the molecule is N#Cc1cnc(S(N)(=O)=O)cc1OC1CC1. The zero-order valence-corrected chi connectivity index (χ0v) is 9.07. The third kappa shape index (κ3) is 2.29. The summed E-state index contributed by atoms with van der Waals surface area (Å²) in [6, 6.07) is 3.07. The summed E-state index contributed by atoms with van der Waals surface area (Å²) in [6.07, 6.45) is 3.05. The lowest BCUT2D eigenvalue weighted by Gasteiger charge is -2.06. The van der Waals surface area contributed by atoms with Gasteiger partial charge in [-0.25, -0.2) is 18.5 Å². The number of nitriles is 1. The number of ether oxygens (including phenoxy) is 1. The van der Waals surface area contributed by atoms with Crippen molar-refractivity contribution in [2.75, 3.05) is 0 Å². The topological polar surface area (TPSA) is 106 Å². The van der Waals surface area contributed by atoms with Crippen LogP contribution < -0.4 is 9.88 Å². The van der Waals surface area contributed by atoms with Gasteiger partial charge >= 0.3 is 0 Å². The minimum Gasteiger partial charge on any atom is -0.489 e. The maximum atomic E-state index is 11.1. The average Bonchev–Trinajstić information content (AvgIpc) is 3.00. The van der Waals surface area contributed by atoms with E-state index < -0.39 is 10.0 Å². The summed E-state index contributed by atoms with van der Waals surface area (Å²) in [6.45, 7) is 0. The van der Waals surface area contributed by atoms with Crippen LogP contribution in [0.4, 0.5) is 0 Å². The summed E-state index contributed by atoms with van der Waals surface area (Å²) >= 11 is 0. The molecule has 1 aromatic rings. The van der Waals surface area contributed by atoms with Crippen molar-refractivity contribution in [2.45, 2.75) is 24.0 Å². The molecule has 0 amide bonds. The number of nitrogens with two attached hydrogens (primary N) is 1. The van der Waals surface area contributed by atoms with Crippen molar-refractivity contribution >= 4 is 10.0 Å². The zero-order valence-electron chi connectivity index (χ0n) is 8.25. The molecule has 84 valence electrons. The van der Waals surface area contributed by atoms with E-state index in [0.29, 0.717) is 0 Å². The lowest BCUT2D eigenvalue weighted by atomic mass is 10.3. The quantitative estimate of drug-likeness (QED) is 0.807. The average molecular weight is 239 g/mol. The van der Waals surface area contributed by atoms with Crippen molar-refractivity contribution in [3.8, 4) is 11.8 Å². The fraction of sp³-hybridized carbons (Fsp3) is 0.333. The van der Waals surface area contributed by atoms with Gasteiger partial charge in [-0.3, -0.25) is 0 Å². The van der Waals surface area contributed by atoms with Crippen molar-refractivity contribution < 1.29 is 13.2 Å². The van der Waals surface area contributed by atoms with Crippen LogP contribution in [0.1, 0.15) is 18.4 Å². The highest BCUT2D eigenvalue weighted by atomic mass is 32.2. The second kappa shape index (κ2) is 3.73. The Hall–Kier alpha value is -1.65. The lowest BCUT2D eigenvalue weighted by molar-refractivity contribution is 0.301. The molecule has 0 bridgehead atoms. The fourth-order valence-corrected chi connectivity index (χ4v) is 1.59. The van der Waals surface area contributed by atoms with Crippen LogP contribution in [-0.4, -0.2) is 19.5 Å². The standard InChI is InChI=1S/C9H9N3O3S/c10-4-6-5-12-9(16(11,13)14)3-8(6)15-7-1-2-7/h3,5,7H,1-2H2,(H2,11,13,14). The van der Waals surface area contributed by atoms with Gasteiger partial charge in [-0.15, -0.1) is 0 Å². The highest BCUT2D eigenvalue weighted by Gasteiger charge is 2.25. The van der Waals surface area contributed by atoms with E-state index >= 15 is 0 Å². The first-order chi connectivity index (χ1) is 7.50. The molecule has 1 fully saturated rings.